The van der Waals surface area contributed by atoms with Crippen LogP contribution in [-0.2, 0) is 17.9 Å². The van der Waals surface area contributed by atoms with Crippen molar-refractivity contribution in [3.05, 3.63) is 65.2 Å². The van der Waals surface area contributed by atoms with Gasteiger partial charge < -0.3 is 10.6 Å². The largest absolute Gasteiger partial charge is 0.348 e. The highest BCUT2D eigenvalue weighted by Gasteiger charge is 2.10. The molecule has 0 atom stereocenters. The quantitative estimate of drug-likeness (QED) is 0.764. The van der Waals surface area contributed by atoms with Crippen LogP contribution in [0.1, 0.15) is 42.3 Å². The lowest BCUT2D eigenvalue weighted by Crippen LogP contribution is -2.26. The van der Waals surface area contributed by atoms with Crippen molar-refractivity contribution >= 4 is 17.5 Å². The first-order chi connectivity index (χ1) is 12.5. The molecule has 0 aromatic heterocycles. The number of benzene rings is 2. The van der Waals surface area contributed by atoms with Crippen LogP contribution < -0.4 is 10.6 Å². The predicted molar refractivity (Wildman–Crippen MR) is 105 cm³/mol. The Balaban J connectivity index is 2.04. The molecule has 0 unspecified atom stereocenters. The number of rotatable bonds is 8. The Kier molecular flexibility index (Phi) is 7.36. The van der Waals surface area contributed by atoms with Gasteiger partial charge in [0, 0.05) is 31.3 Å². The van der Waals surface area contributed by atoms with Crippen molar-refractivity contribution in [3.8, 4) is 0 Å². The van der Waals surface area contributed by atoms with E-state index >= 15 is 0 Å². The van der Waals surface area contributed by atoms with Crippen molar-refractivity contribution in [3.63, 3.8) is 0 Å². The second kappa shape index (κ2) is 9.73. The Morgan fingerprint density at radius 3 is 2.31 bits per heavy atom. The SMILES string of the molecule is CCN(CC)Cc1ccccc1CNC(=O)c1cccc(NC(C)=O)c1. The zero-order valence-corrected chi connectivity index (χ0v) is 15.7. The molecule has 0 heterocycles. The lowest BCUT2D eigenvalue weighted by molar-refractivity contribution is -0.114. The van der Waals surface area contributed by atoms with Gasteiger partial charge in [0.15, 0.2) is 0 Å². The number of nitrogens with zero attached hydrogens (tertiary/aromatic N) is 1. The zero-order valence-electron chi connectivity index (χ0n) is 15.7. The number of carbonyl (C=O) groups is 2. The third-order valence-electron chi connectivity index (χ3n) is 4.29. The summed E-state index contributed by atoms with van der Waals surface area (Å²) >= 11 is 0. The molecule has 0 bridgehead atoms. The molecule has 5 nitrogen and oxygen atoms in total. The summed E-state index contributed by atoms with van der Waals surface area (Å²) in [5, 5.41) is 5.67. The van der Waals surface area contributed by atoms with Crippen LogP contribution in [0.2, 0.25) is 0 Å². The Morgan fingerprint density at radius 2 is 1.65 bits per heavy atom. The fraction of sp³-hybridized carbons (Fsp3) is 0.333. The number of anilines is 1. The number of amides is 2. The maximum Gasteiger partial charge on any atom is 0.251 e. The molecule has 0 aliphatic carbocycles. The average Bonchev–Trinajstić information content (AvgIpc) is 2.64. The minimum absolute atomic E-state index is 0.158. The molecule has 26 heavy (non-hydrogen) atoms. The number of carbonyl (C=O) groups excluding carboxylic acids is 2. The first-order valence-corrected chi connectivity index (χ1v) is 8.98. The highest BCUT2D eigenvalue weighted by Crippen LogP contribution is 2.13. The molecular weight excluding hydrogens is 326 g/mol. The van der Waals surface area contributed by atoms with Gasteiger partial charge in [-0.15, -0.1) is 0 Å². The first-order valence-electron chi connectivity index (χ1n) is 8.98. The van der Waals surface area contributed by atoms with Crippen molar-refractivity contribution in [1.82, 2.24) is 10.2 Å². The number of hydrogen-bond acceptors (Lipinski definition) is 3. The normalized spacial score (nSPS) is 10.6. The van der Waals surface area contributed by atoms with Gasteiger partial charge in [0.25, 0.3) is 5.91 Å². The first kappa shape index (κ1) is 19.7. The van der Waals surface area contributed by atoms with E-state index < -0.39 is 0 Å². The predicted octanol–water partition coefficient (Wildman–Crippen LogP) is 3.42. The van der Waals surface area contributed by atoms with Crippen molar-refractivity contribution in [2.75, 3.05) is 18.4 Å². The van der Waals surface area contributed by atoms with E-state index in [1.807, 2.05) is 18.2 Å². The van der Waals surface area contributed by atoms with Crippen LogP contribution >= 0.6 is 0 Å². The average molecular weight is 353 g/mol. The van der Waals surface area contributed by atoms with E-state index in [0.29, 0.717) is 17.8 Å². The van der Waals surface area contributed by atoms with Gasteiger partial charge in [-0.3, -0.25) is 14.5 Å². The van der Waals surface area contributed by atoms with Gasteiger partial charge in [0.05, 0.1) is 0 Å². The monoisotopic (exact) mass is 353 g/mol. The van der Waals surface area contributed by atoms with E-state index in [9.17, 15) is 9.59 Å². The van der Waals surface area contributed by atoms with E-state index in [1.165, 1.54) is 12.5 Å². The van der Waals surface area contributed by atoms with Crippen LogP contribution in [0.3, 0.4) is 0 Å². The van der Waals surface area contributed by atoms with Crippen LogP contribution in [0.25, 0.3) is 0 Å². The van der Waals surface area contributed by atoms with Crippen molar-refractivity contribution < 1.29 is 9.59 Å². The number of nitrogens with one attached hydrogen (secondary N) is 2. The third-order valence-corrected chi connectivity index (χ3v) is 4.29. The molecule has 0 radical (unpaired) electrons. The van der Waals surface area contributed by atoms with E-state index in [0.717, 1.165) is 25.2 Å². The van der Waals surface area contributed by atoms with Gasteiger partial charge in [-0.2, -0.15) is 0 Å². The molecule has 2 amide bonds. The Bertz CT molecular complexity index is 754. The molecule has 0 aliphatic rings. The van der Waals surface area contributed by atoms with Gasteiger partial charge in [0.1, 0.15) is 0 Å². The van der Waals surface area contributed by atoms with Crippen LogP contribution in [-0.4, -0.2) is 29.8 Å². The Morgan fingerprint density at radius 1 is 0.962 bits per heavy atom. The second-order valence-electron chi connectivity index (χ2n) is 6.17. The molecule has 0 saturated carbocycles. The van der Waals surface area contributed by atoms with Gasteiger partial charge in [-0.25, -0.2) is 0 Å². The molecule has 138 valence electrons. The molecule has 0 aliphatic heterocycles. The molecule has 2 aromatic rings. The summed E-state index contributed by atoms with van der Waals surface area (Å²) in [6.45, 7) is 9.07. The van der Waals surface area contributed by atoms with Crippen molar-refractivity contribution in [1.29, 1.82) is 0 Å². The standard InChI is InChI=1S/C21H27N3O2/c1-4-24(5-2)15-19-10-7-6-9-18(19)14-22-21(26)17-11-8-12-20(13-17)23-16(3)25/h6-13H,4-5,14-15H2,1-3H3,(H,22,26)(H,23,25). The van der Waals surface area contributed by atoms with Crippen molar-refractivity contribution in [2.45, 2.75) is 33.9 Å². The summed E-state index contributed by atoms with van der Waals surface area (Å²) in [6.07, 6.45) is 0. The molecule has 0 fully saturated rings. The zero-order chi connectivity index (χ0) is 18.9. The number of hydrogen-bond donors (Lipinski definition) is 2. The smallest absolute Gasteiger partial charge is 0.251 e. The maximum absolute atomic E-state index is 12.5. The van der Waals surface area contributed by atoms with Gasteiger partial charge >= 0.3 is 0 Å². The summed E-state index contributed by atoms with van der Waals surface area (Å²) in [5.74, 6) is -0.317. The topological polar surface area (TPSA) is 61.4 Å². The summed E-state index contributed by atoms with van der Waals surface area (Å²) in [4.78, 5) is 26.0. The maximum atomic E-state index is 12.5. The lowest BCUT2D eigenvalue weighted by atomic mass is 10.1. The molecule has 0 saturated heterocycles. The Labute approximate surface area is 155 Å². The van der Waals surface area contributed by atoms with Crippen molar-refractivity contribution in [2.24, 2.45) is 0 Å². The molecule has 0 spiro atoms. The highest BCUT2D eigenvalue weighted by molar-refractivity contribution is 5.96. The van der Waals surface area contributed by atoms with Gasteiger partial charge in [-0.1, -0.05) is 44.2 Å². The van der Waals surface area contributed by atoms with Crippen LogP contribution in [0, 0.1) is 0 Å². The third kappa shape index (κ3) is 5.70. The highest BCUT2D eigenvalue weighted by atomic mass is 16.2. The van der Waals surface area contributed by atoms with E-state index in [4.69, 9.17) is 0 Å². The molecule has 5 heteroatoms. The molecule has 2 aromatic carbocycles. The fourth-order valence-electron chi connectivity index (χ4n) is 2.79. The molecule has 2 rings (SSSR count). The van der Waals surface area contributed by atoms with Crippen LogP contribution in [0.15, 0.2) is 48.5 Å². The minimum Gasteiger partial charge on any atom is -0.348 e. The van der Waals surface area contributed by atoms with Crippen LogP contribution in [0.5, 0.6) is 0 Å². The summed E-state index contributed by atoms with van der Waals surface area (Å²) in [5.41, 5.74) is 3.49. The van der Waals surface area contributed by atoms with E-state index in [2.05, 4.69) is 35.4 Å². The van der Waals surface area contributed by atoms with E-state index in [-0.39, 0.29) is 11.8 Å². The molecular formula is C21H27N3O2. The Hall–Kier alpha value is -2.66. The summed E-state index contributed by atoms with van der Waals surface area (Å²) in [7, 11) is 0. The van der Waals surface area contributed by atoms with Gasteiger partial charge in [0.2, 0.25) is 5.91 Å². The fourth-order valence-corrected chi connectivity index (χ4v) is 2.79. The minimum atomic E-state index is -0.159. The van der Waals surface area contributed by atoms with E-state index in [1.54, 1.807) is 24.3 Å². The lowest BCUT2D eigenvalue weighted by Gasteiger charge is -2.20. The summed E-state index contributed by atoms with van der Waals surface area (Å²) in [6, 6.07) is 15.1. The molecule has 2 N–H and O–H groups in total. The second-order valence-corrected chi connectivity index (χ2v) is 6.17. The van der Waals surface area contributed by atoms with Gasteiger partial charge in [-0.05, 0) is 42.4 Å². The summed E-state index contributed by atoms with van der Waals surface area (Å²) < 4.78 is 0. The van der Waals surface area contributed by atoms with Crippen LogP contribution in [0.4, 0.5) is 5.69 Å².